The van der Waals surface area contributed by atoms with Gasteiger partial charge in [0.2, 0.25) is 11.8 Å². The van der Waals surface area contributed by atoms with E-state index in [9.17, 15) is 22.8 Å². The van der Waals surface area contributed by atoms with E-state index in [-0.39, 0.29) is 17.7 Å². The standard InChI is InChI=1S/C17H19F3N2O3/c18-17(19,20)11-3-5-12(6-4-11)22-15(24)16(7-8-16)14(23)21-10-13-2-1-9-25-13/h3-6,13H,1-2,7-10H2,(H,21,23)(H,22,24). The van der Waals surface area contributed by atoms with Crippen LogP contribution < -0.4 is 10.6 Å². The second-order valence-corrected chi connectivity index (χ2v) is 6.46. The molecule has 0 spiro atoms. The first-order chi connectivity index (χ1) is 11.8. The Labute approximate surface area is 142 Å². The molecule has 2 N–H and O–H groups in total. The molecule has 1 atom stereocenters. The molecule has 1 saturated carbocycles. The van der Waals surface area contributed by atoms with Gasteiger partial charge in [-0.25, -0.2) is 0 Å². The molecule has 1 aliphatic carbocycles. The Morgan fingerprint density at radius 2 is 1.84 bits per heavy atom. The lowest BCUT2D eigenvalue weighted by Gasteiger charge is -2.17. The molecule has 1 unspecified atom stereocenters. The van der Waals surface area contributed by atoms with E-state index in [4.69, 9.17) is 4.74 Å². The number of rotatable bonds is 5. The van der Waals surface area contributed by atoms with Crippen molar-refractivity contribution in [3.8, 4) is 0 Å². The number of carbonyl (C=O) groups is 2. The number of hydrogen-bond donors (Lipinski definition) is 2. The lowest BCUT2D eigenvalue weighted by atomic mass is 10.0. The van der Waals surface area contributed by atoms with Crippen LogP contribution in [0, 0.1) is 5.41 Å². The van der Waals surface area contributed by atoms with Gasteiger partial charge in [0.25, 0.3) is 0 Å². The van der Waals surface area contributed by atoms with Crippen LogP contribution in [0.1, 0.15) is 31.2 Å². The van der Waals surface area contributed by atoms with Crippen molar-refractivity contribution in [2.75, 3.05) is 18.5 Å². The maximum absolute atomic E-state index is 12.5. The Morgan fingerprint density at radius 3 is 2.36 bits per heavy atom. The van der Waals surface area contributed by atoms with Crippen LogP contribution in [0.25, 0.3) is 0 Å². The molecule has 0 bridgehead atoms. The number of ether oxygens (including phenoxy) is 1. The summed E-state index contributed by atoms with van der Waals surface area (Å²) < 4.78 is 43.1. The van der Waals surface area contributed by atoms with Crippen molar-refractivity contribution < 1.29 is 27.5 Å². The van der Waals surface area contributed by atoms with Gasteiger partial charge >= 0.3 is 6.18 Å². The third kappa shape index (κ3) is 3.95. The first-order valence-corrected chi connectivity index (χ1v) is 8.20. The number of carbonyl (C=O) groups excluding carboxylic acids is 2. The van der Waals surface area contributed by atoms with Gasteiger partial charge in [0.15, 0.2) is 0 Å². The molecule has 1 aromatic rings. The summed E-state index contributed by atoms with van der Waals surface area (Å²) in [7, 11) is 0. The van der Waals surface area contributed by atoms with Crippen molar-refractivity contribution in [1.82, 2.24) is 5.32 Å². The summed E-state index contributed by atoms with van der Waals surface area (Å²) >= 11 is 0. The van der Waals surface area contributed by atoms with Gasteiger partial charge in [0, 0.05) is 18.8 Å². The SMILES string of the molecule is O=C(NCC1CCCO1)C1(C(=O)Nc2ccc(C(F)(F)F)cc2)CC1. The van der Waals surface area contributed by atoms with Gasteiger partial charge in [-0.1, -0.05) is 0 Å². The molecule has 2 aliphatic rings. The Balaban J connectivity index is 1.57. The monoisotopic (exact) mass is 356 g/mol. The van der Waals surface area contributed by atoms with Gasteiger partial charge in [-0.05, 0) is 49.9 Å². The van der Waals surface area contributed by atoms with Crippen molar-refractivity contribution in [3.05, 3.63) is 29.8 Å². The van der Waals surface area contributed by atoms with Crippen molar-refractivity contribution in [2.45, 2.75) is 38.0 Å². The van der Waals surface area contributed by atoms with Crippen LogP contribution in [0.2, 0.25) is 0 Å². The zero-order valence-electron chi connectivity index (χ0n) is 13.5. The van der Waals surface area contributed by atoms with Gasteiger partial charge < -0.3 is 15.4 Å². The molecule has 2 fully saturated rings. The van der Waals surface area contributed by atoms with Crippen LogP contribution in [0.15, 0.2) is 24.3 Å². The van der Waals surface area contributed by atoms with Gasteiger partial charge in [-0.15, -0.1) is 0 Å². The Kier molecular flexibility index (Phi) is 4.73. The summed E-state index contributed by atoms with van der Waals surface area (Å²) in [6.45, 7) is 1.05. The molecule has 1 aromatic carbocycles. The largest absolute Gasteiger partial charge is 0.416 e. The maximum Gasteiger partial charge on any atom is 0.416 e. The van der Waals surface area contributed by atoms with E-state index in [0.29, 0.717) is 26.0 Å². The van der Waals surface area contributed by atoms with Crippen LogP contribution in [0.3, 0.4) is 0 Å². The van der Waals surface area contributed by atoms with Crippen LogP contribution >= 0.6 is 0 Å². The average Bonchev–Trinajstić information content (AvgIpc) is 3.22. The smallest absolute Gasteiger partial charge is 0.376 e. The van der Waals surface area contributed by atoms with E-state index in [2.05, 4.69) is 10.6 Å². The predicted molar refractivity (Wildman–Crippen MR) is 83.7 cm³/mol. The minimum Gasteiger partial charge on any atom is -0.376 e. The number of anilines is 1. The summed E-state index contributed by atoms with van der Waals surface area (Å²) in [6, 6.07) is 4.15. The molecule has 0 aromatic heterocycles. The van der Waals surface area contributed by atoms with E-state index in [1.165, 1.54) is 12.1 Å². The van der Waals surface area contributed by atoms with Crippen LogP contribution in [0.5, 0.6) is 0 Å². The van der Waals surface area contributed by atoms with Gasteiger partial charge in [0.05, 0.1) is 11.7 Å². The first kappa shape index (κ1) is 17.7. The van der Waals surface area contributed by atoms with Crippen molar-refractivity contribution in [3.63, 3.8) is 0 Å². The lowest BCUT2D eigenvalue weighted by Crippen LogP contribution is -2.42. The Morgan fingerprint density at radius 1 is 1.16 bits per heavy atom. The molecule has 1 heterocycles. The number of alkyl halides is 3. The molecule has 136 valence electrons. The summed E-state index contributed by atoms with van der Waals surface area (Å²) in [5.74, 6) is -0.843. The fourth-order valence-corrected chi connectivity index (χ4v) is 2.86. The molecule has 0 radical (unpaired) electrons. The molecular weight excluding hydrogens is 337 g/mol. The normalized spacial score (nSPS) is 21.6. The molecule has 8 heteroatoms. The fourth-order valence-electron chi connectivity index (χ4n) is 2.86. The first-order valence-electron chi connectivity index (χ1n) is 8.20. The van der Waals surface area contributed by atoms with Crippen LogP contribution in [0.4, 0.5) is 18.9 Å². The lowest BCUT2D eigenvalue weighted by molar-refractivity contribution is -0.137. The molecular formula is C17H19F3N2O3. The quantitative estimate of drug-likeness (QED) is 0.797. The van der Waals surface area contributed by atoms with Crippen molar-refractivity contribution in [2.24, 2.45) is 5.41 Å². The highest BCUT2D eigenvalue weighted by Gasteiger charge is 2.56. The molecule has 1 saturated heterocycles. The maximum atomic E-state index is 12.5. The highest BCUT2D eigenvalue weighted by atomic mass is 19.4. The molecule has 1 aliphatic heterocycles. The molecule has 3 rings (SSSR count). The second kappa shape index (κ2) is 6.67. The number of nitrogens with one attached hydrogen (secondary N) is 2. The summed E-state index contributed by atoms with van der Waals surface area (Å²) in [5.41, 5.74) is -1.68. The number of hydrogen-bond acceptors (Lipinski definition) is 3. The minimum atomic E-state index is -4.43. The third-order valence-corrected chi connectivity index (χ3v) is 4.60. The average molecular weight is 356 g/mol. The number of benzene rings is 1. The zero-order valence-corrected chi connectivity index (χ0v) is 13.5. The molecule has 2 amide bonds. The molecule has 5 nitrogen and oxygen atoms in total. The van der Waals surface area contributed by atoms with E-state index in [1.807, 2.05) is 0 Å². The Bertz CT molecular complexity index is 648. The van der Waals surface area contributed by atoms with Gasteiger partial charge in [0.1, 0.15) is 5.41 Å². The molecule has 25 heavy (non-hydrogen) atoms. The Hall–Kier alpha value is -2.09. The zero-order chi connectivity index (χ0) is 18.1. The van der Waals surface area contributed by atoms with Gasteiger partial charge in [-0.2, -0.15) is 13.2 Å². The topological polar surface area (TPSA) is 67.4 Å². The summed E-state index contributed by atoms with van der Waals surface area (Å²) in [4.78, 5) is 24.7. The third-order valence-electron chi connectivity index (χ3n) is 4.60. The second-order valence-electron chi connectivity index (χ2n) is 6.46. The highest BCUT2D eigenvalue weighted by molar-refractivity contribution is 6.13. The highest BCUT2D eigenvalue weighted by Crippen LogP contribution is 2.47. The van der Waals surface area contributed by atoms with E-state index >= 15 is 0 Å². The number of amides is 2. The summed E-state index contributed by atoms with van der Waals surface area (Å²) in [5, 5.41) is 5.28. The fraction of sp³-hybridized carbons (Fsp3) is 0.529. The summed E-state index contributed by atoms with van der Waals surface area (Å²) in [6.07, 6.45) is -1.75. The van der Waals surface area contributed by atoms with Crippen LogP contribution in [-0.2, 0) is 20.5 Å². The van der Waals surface area contributed by atoms with Gasteiger partial charge in [-0.3, -0.25) is 9.59 Å². The van der Waals surface area contributed by atoms with Crippen LogP contribution in [-0.4, -0.2) is 31.1 Å². The van der Waals surface area contributed by atoms with Crippen molar-refractivity contribution in [1.29, 1.82) is 0 Å². The minimum absolute atomic E-state index is 0.0160. The van der Waals surface area contributed by atoms with E-state index < -0.39 is 23.1 Å². The number of halogens is 3. The van der Waals surface area contributed by atoms with E-state index in [0.717, 1.165) is 25.0 Å². The predicted octanol–water partition coefficient (Wildman–Crippen LogP) is 2.72. The van der Waals surface area contributed by atoms with Crippen molar-refractivity contribution >= 4 is 17.5 Å². The van der Waals surface area contributed by atoms with E-state index in [1.54, 1.807) is 0 Å².